The predicted octanol–water partition coefficient (Wildman–Crippen LogP) is 3.69. The first-order valence-corrected chi connectivity index (χ1v) is 9.19. The van der Waals surface area contributed by atoms with Crippen LogP contribution < -0.4 is 10.3 Å². The molecule has 0 aliphatic carbocycles. The largest absolute Gasteiger partial charge is 0.456 e. The Bertz CT molecular complexity index is 1470. The smallest absolute Gasteiger partial charge is 0.315 e. The Kier molecular flexibility index (Phi) is 3.77. The Morgan fingerprint density at radius 3 is 2.76 bits per heavy atom. The Morgan fingerprint density at radius 2 is 1.90 bits per heavy atom. The SMILES string of the molecule is Cc1nc2cc(=O)[nH]n2c(C)c1CC(=O)Oc1ccc2oc3ccccc3c2c1. The van der Waals surface area contributed by atoms with E-state index in [-0.39, 0.29) is 12.0 Å². The molecular weight excluding hydrogens is 370 g/mol. The van der Waals surface area contributed by atoms with E-state index in [0.29, 0.717) is 17.1 Å². The third-order valence-electron chi connectivity index (χ3n) is 5.10. The first-order valence-electron chi connectivity index (χ1n) is 9.19. The van der Waals surface area contributed by atoms with Gasteiger partial charge in [0.25, 0.3) is 5.56 Å². The van der Waals surface area contributed by atoms with Gasteiger partial charge in [-0.15, -0.1) is 0 Å². The van der Waals surface area contributed by atoms with E-state index in [1.807, 2.05) is 44.2 Å². The van der Waals surface area contributed by atoms with Crippen molar-refractivity contribution in [3.8, 4) is 5.75 Å². The lowest BCUT2D eigenvalue weighted by molar-refractivity contribution is -0.133. The molecule has 0 amide bonds. The topological polar surface area (TPSA) is 89.6 Å². The number of aromatic nitrogens is 3. The number of benzene rings is 2. The molecule has 7 nitrogen and oxygen atoms in total. The van der Waals surface area contributed by atoms with E-state index in [1.165, 1.54) is 6.07 Å². The molecular formula is C22H17N3O4. The van der Waals surface area contributed by atoms with E-state index < -0.39 is 5.97 Å². The molecule has 0 saturated carbocycles. The van der Waals surface area contributed by atoms with Crippen LogP contribution in [0.2, 0.25) is 0 Å². The van der Waals surface area contributed by atoms with Gasteiger partial charge in [0, 0.05) is 33.8 Å². The highest BCUT2D eigenvalue weighted by molar-refractivity contribution is 6.05. The van der Waals surface area contributed by atoms with Crippen LogP contribution in [0.25, 0.3) is 27.6 Å². The van der Waals surface area contributed by atoms with Crippen LogP contribution in [0, 0.1) is 13.8 Å². The fourth-order valence-corrected chi connectivity index (χ4v) is 3.69. The number of ether oxygens (including phenoxy) is 1. The third kappa shape index (κ3) is 2.87. The number of para-hydroxylation sites is 1. The molecule has 0 atom stereocenters. The van der Waals surface area contributed by atoms with E-state index >= 15 is 0 Å². The number of aromatic amines is 1. The summed E-state index contributed by atoms with van der Waals surface area (Å²) in [6.07, 6.45) is 0.0466. The van der Waals surface area contributed by atoms with Crippen LogP contribution in [-0.2, 0) is 11.2 Å². The molecule has 0 spiro atoms. The van der Waals surface area contributed by atoms with Gasteiger partial charge < -0.3 is 9.15 Å². The van der Waals surface area contributed by atoms with Gasteiger partial charge in [-0.3, -0.25) is 14.7 Å². The molecule has 29 heavy (non-hydrogen) atoms. The molecule has 0 aliphatic rings. The summed E-state index contributed by atoms with van der Waals surface area (Å²) in [5.41, 5.74) is 3.99. The highest BCUT2D eigenvalue weighted by Crippen LogP contribution is 2.31. The zero-order chi connectivity index (χ0) is 20.1. The van der Waals surface area contributed by atoms with Crippen molar-refractivity contribution < 1.29 is 13.9 Å². The lowest BCUT2D eigenvalue weighted by Gasteiger charge is -2.11. The Labute approximate surface area is 164 Å². The number of carbonyl (C=O) groups excluding carboxylic acids is 1. The van der Waals surface area contributed by atoms with Crippen LogP contribution in [0.5, 0.6) is 5.75 Å². The minimum absolute atomic E-state index is 0.0466. The van der Waals surface area contributed by atoms with E-state index in [1.54, 1.807) is 16.6 Å². The van der Waals surface area contributed by atoms with Crippen molar-refractivity contribution in [1.82, 2.24) is 14.6 Å². The predicted molar refractivity (Wildman–Crippen MR) is 108 cm³/mol. The number of aryl methyl sites for hydroxylation is 2. The van der Waals surface area contributed by atoms with E-state index in [4.69, 9.17) is 9.15 Å². The number of rotatable bonds is 3. The van der Waals surface area contributed by atoms with Crippen LogP contribution in [-0.4, -0.2) is 20.6 Å². The van der Waals surface area contributed by atoms with Crippen LogP contribution in [0.1, 0.15) is 17.0 Å². The summed E-state index contributed by atoms with van der Waals surface area (Å²) in [6, 6.07) is 14.5. The van der Waals surface area contributed by atoms with Crippen LogP contribution in [0.15, 0.2) is 57.7 Å². The summed E-state index contributed by atoms with van der Waals surface area (Å²) in [6.45, 7) is 3.65. The standard InChI is InChI=1S/C22H17N3O4/c1-12-16(13(2)25-20(23-12)11-21(26)24-25)10-22(27)28-14-7-8-19-17(9-14)15-5-3-4-6-18(15)29-19/h3-9,11H,10H2,1-2H3,(H,24,26). The van der Waals surface area contributed by atoms with Crippen molar-refractivity contribution in [2.75, 3.05) is 0 Å². The summed E-state index contributed by atoms with van der Waals surface area (Å²) in [7, 11) is 0. The van der Waals surface area contributed by atoms with Gasteiger partial charge >= 0.3 is 5.97 Å². The van der Waals surface area contributed by atoms with Gasteiger partial charge in [0.2, 0.25) is 0 Å². The van der Waals surface area contributed by atoms with Gasteiger partial charge in [-0.1, -0.05) is 18.2 Å². The summed E-state index contributed by atoms with van der Waals surface area (Å²) in [5, 5.41) is 4.55. The molecule has 144 valence electrons. The molecule has 3 heterocycles. The number of carbonyl (C=O) groups is 1. The van der Waals surface area contributed by atoms with Gasteiger partial charge in [0.15, 0.2) is 5.65 Å². The summed E-state index contributed by atoms with van der Waals surface area (Å²) in [5.74, 6) is 0.0479. The minimum Gasteiger partial charge on any atom is -0.456 e. The molecule has 0 saturated heterocycles. The molecule has 1 N–H and O–H groups in total. The molecule has 0 bridgehead atoms. The molecule has 3 aromatic heterocycles. The number of hydrogen-bond acceptors (Lipinski definition) is 5. The first kappa shape index (κ1) is 17.2. The van der Waals surface area contributed by atoms with Gasteiger partial charge in [0.05, 0.1) is 6.42 Å². The molecule has 0 radical (unpaired) electrons. The Balaban J connectivity index is 1.45. The normalized spacial score (nSPS) is 11.5. The van der Waals surface area contributed by atoms with Crippen LogP contribution in [0.4, 0.5) is 0 Å². The van der Waals surface area contributed by atoms with Gasteiger partial charge in [-0.05, 0) is 38.1 Å². The lowest BCUT2D eigenvalue weighted by Crippen LogP contribution is -2.15. The Hall–Kier alpha value is -3.87. The van der Waals surface area contributed by atoms with Crippen molar-refractivity contribution in [3.05, 3.63) is 75.8 Å². The molecule has 5 aromatic rings. The molecule has 0 unspecified atom stereocenters. The average molecular weight is 387 g/mol. The molecule has 7 heteroatoms. The first-order chi connectivity index (χ1) is 14.0. The Morgan fingerprint density at radius 1 is 1.10 bits per heavy atom. The molecule has 0 aliphatic heterocycles. The van der Waals surface area contributed by atoms with Crippen LogP contribution in [0.3, 0.4) is 0 Å². The van der Waals surface area contributed by atoms with Gasteiger partial charge in [-0.25, -0.2) is 9.50 Å². The minimum atomic E-state index is -0.404. The highest BCUT2D eigenvalue weighted by Gasteiger charge is 2.16. The molecule has 2 aromatic carbocycles. The zero-order valence-electron chi connectivity index (χ0n) is 15.9. The fraction of sp³-hybridized carbons (Fsp3) is 0.136. The number of furan rings is 1. The fourth-order valence-electron chi connectivity index (χ4n) is 3.69. The van der Waals surface area contributed by atoms with Crippen molar-refractivity contribution in [3.63, 3.8) is 0 Å². The molecule has 5 rings (SSSR count). The second-order valence-electron chi connectivity index (χ2n) is 6.98. The second-order valence-corrected chi connectivity index (χ2v) is 6.98. The number of hydrogen-bond donors (Lipinski definition) is 1. The maximum Gasteiger partial charge on any atom is 0.315 e. The third-order valence-corrected chi connectivity index (χ3v) is 5.10. The number of nitrogens with one attached hydrogen (secondary N) is 1. The van der Waals surface area contributed by atoms with Gasteiger partial charge in [-0.2, -0.15) is 0 Å². The van der Waals surface area contributed by atoms with E-state index in [2.05, 4.69) is 10.1 Å². The highest BCUT2D eigenvalue weighted by atomic mass is 16.5. The number of nitrogens with zero attached hydrogens (tertiary/aromatic N) is 2. The quantitative estimate of drug-likeness (QED) is 0.377. The maximum atomic E-state index is 12.6. The summed E-state index contributed by atoms with van der Waals surface area (Å²) < 4.78 is 13.0. The van der Waals surface area contributed by atoms with Crippen molar-refractivity contribution in [2.45, 2.75) is 20.3 Å². The average Bonchev–Trinajstić information content (AvgIpc) is 3.25. The number of fused-ring (bicyclic) bond motifs is 4. The molecule has 0 fully saturated rings. The number of esters is 1. The van der Waals surface area contributed by atoms with Crippen molar-refractivity contribution in [1.29, 1.82) is 0 Å². The summed E-state index contributed by atoms with van der Waals surface area (Å²) in [4.78, 5) is 28.6. The van der Waals surface area contributed by atoms with Gasteiger partial charge in [0.1, 0.15) is 16.9 Å². The monoisotopic (exact) mass is 387 g/mol. The van der Waals surface area contributed by atoms with Crippen LogP contribution >= 0.6 is 0 Å². The zero-order valence-corrected chi connectivity index (χ0v) is 15.9. The van der Waals surface area contributed by atoms with Crippen molar-refractivity contribution in [2.24, 2.45) is 0 Å². The lowest BCUT2D eigenvalue weighted by atomic mass is 10.1. The maximum absolute atomic E-state index is 12.6. The number of H-pyrrole nitrogens is 1. The second kappa shape index (κ2) is 6.34. The van der Waals surface area contributed by atoms with Crippen molar-refractivity contribution >= 4 is 33.6 Å². The van der Waals surface area contributed by atoms with E-state index in [9.17, 15) is 9.59 Å². The van der Waals surface area contributed by atoms with E-state index in [0.717, 1.165) is 33.2 Å². The summed E-state index contributed by atoms with van der Waals surface area (Å²) >= 11 is 0.